The number of hydrogen-bond donors (Lipinski definition) is 2. The lowest BCUT2D eigenvalue weighted by Gasteiger charge is -2.15. The minimum atomic E-state index is -0.194. The van der Waals surface area contributed by atoms with Gasteiger partial charge >= 0.3 is 0 Å². The molecule has 1 aromatic carbocycles. The number of para-hydroxylation sites is 2. The van der Waals surface area contributed by atoms with E-state index in [1.54, 1.807) is 0 Å². The molecule has 2 aromatic rings. The van der Waals surface area contributed by atoms with Crippen molar-refractivity contribution in [2.45, 2.75) is 18.9 Å². The fourth-order valence-corrected chi connectivity index (χ4v) is 2.18. The number of nitrogens with two attached hydrogens (primary N) is 1. The molecule has 1 unspecified atom stereocenters. The summed E-state index contributed by atoms with van der Waals surface area (Å²) in [5.74, 6) is 0.336. The Kier molecular flexibility index (Phi) is 6.33. The number of nitrogens with zero attached hydrogens (tertiary/aromatic N) is 2. The summed E-state index contributed by atoms with van der Waals surface area (Å²) in [7, 11) is 0. The third-order valence-corrected chi connectivity index (χ3v) is 3.44. The van der Waals surface area contributed by atoms with Gasteiger partial charge in [-0.05, 0) is 30.9 Å². The van der Waals surface area contributed by atoms with E-state index in [9.17, 15) is 4.79 Å². The van der Waals surface area contributed by atoms with Gasteiger partial charge in [-0.15, -0.1) is 24.8 Å². The molecule has 1 fully saturated rings. The molecule has 1 atom stereocenters. The summed E-state index contributed by atoms with van der Waals surface area (Å²) >= 11 is 0. The van der Waals surface area contributed by atoms with Crippen LogP contribution in [0.3, 0.4) is 0 Å². The number of carbonyl (C=O) groups is 1. The zero-order chi connectivity index (χ0) is 13.2. The van der Waals surface area contributed by atoms with Crippen LogP contribution in [-0.2, 0) is 0 Å². The van der Waals surface area contributed by atoms with Gasteiger partial charge in [0.05, 0.1) is 17.2 Å². The minimum absolute atomic E-state index is 0. The van der Waals surface area contributed by atoms with Crippen LogP contribution >= 0.6 is 24.8 Å². The zero-order valence-electron chi connectivity index (χ0n) is 11.4. The van der Waals surface area contributed by atoms with Gasteiger partial charge in [-0.3, -0.25) is 9.78 Å². The van der Waals surface area contributed by atoms with Crippen molar-refractivity contribution in [3.8, 4) is 0 Å². The predicted molar refractivity (Wildman–Crippen MR) is 87.1 cm³/mol. The van der Waals surface area contributed by atoms with Gasteiger partial charge in [0.25, 0.3) is 5.91 Å². The van der Waals surface area contributed by atoms with E-state index in [1.165, 1.54) is 6.20 Å². The van der Waals surface area contributed by atoms with Crippen LogP contribution in [0.4, 0.5) is 0 Å². The van der Waals surface area contributed by atoms with Crippen LogP contribution in [0.2, 0.25) is 0 Å². The Hall–Kier alpha value is -1.43. The topological polar surface area (TPSA) is 80.9 Å². The van der Waals surface area contributed by atoms with Gasteiger partial charge in [0.1, 0.15) is 5.69 Å². The number of nitrogens with one attached hydrogen (secondary N) is 1. The van der Waals surface area contributed by atoms with Crippen LogP contribution in [0.25, 0.3) is 11.0 Å². The molecule has 1 heterocycles. The maximum atomic E-state index is 12.1. The molecule has 3 rings (SSSR count). The fourth-order valence-electron chi connectivity index (χ4n) is 2.18. The smallest absolute Gasteiger partial charge is 0.271 e. The van der Waals surface area contributed by atoms with Crippen molar-refractivity contribution in [2.75, 3.05) is 6.54 Å². The molecule has 1 aliphatic carbocycles. The Morgan fingerprint density at radius 2 is 1.95 bits per heavy atom. The SMILES string of the molecule is Cl.Cl.NCC(NC(=O)c1cnc2ccccc2n1)C1CC1. The van der Waals surface area contributed by atoms with E-state index in [0.717, 1.165) is 23.9 Å². The first-order chi connectivity index (χ1) is 9.28. The van der Waals surface area contributed by atoms with E-state index in [1.807, 2.05) is 24.3 Å². The monoisotopic (exact) mass is 328 g/mol. The number of fused-ring (bicyclic) bond motifs is 1. The normalized spacial score (nSPS) is 14.7. The van der Waals surface area contributed by atoms with Crippen LogP contribution < -0.4 is 11.1 Å². The van der Waals surface area contributed by atoms with E-state index < -0.39 is 0 Å². The van der Waals surface area contributed by atoms with E-state index in [2.05, 4.69) is 15.3 Å². The minimum Gasteiger partial charge on any atom is -0.346 e. The number of rotatable bonds is 4. The zero-order valence-corrected chi connectivity index (χ0v) is 13.0. The lowest BCUT2D eigenvalue weighted by atomic mass is 10.2. The second kappa shape index (κ2) is 7.54. The molecule has 1 aromatic heterocycles. The van der Waals surface area contributed by atoms with Crippen molar-refractivity contribution >= 4 is 41.8 Å². The van der Waals surface area contributed by atoms with Crippen molar-refractivity contribution in [3.63, 3.8) is 0 Å². The number of halogens is 2. The van der Waals surface area contributed by atoms with Crippen LogP contribution in [0.5, 0.6) is 0 Å². The Balaban J connectivity index is 0.00000110. The van der Waals surface area contributed by atoms with Gasteiger partial charge < -0.3 is 11.1 Å². The van der Waals surface area contributed by atoms with E-state index in [4.69, 9.17) is 5.73 Å². The first-order valence-electron chi connectivity index (χ1n) is 6.50. The van der Waals surface area contributed by atoms with Crippen molar-refractivity contribution in [1.82, 2.24) is 15.3 Å². The Labute approximate surface area is 135 Å². The number of hydrogen-bond acceptors (Lipinski definition) is 4. The van der Waals surface area contributed by atoms with Crippen LogP contribution in [0, 0.1) is 5.92 Å². The average molecular weight is 329 g/mol. The van der Waals surface area contributed by atoms with Crippen molar-refractivity contribution in [2.24, 2.45) is 11.7 Å². The summed E-state index contributed by atoms with van der Waals surface area (Å²) in [6.45, 7) is 0.470. The summed E-state index contributed by atoms with van der Waals surface area (Å²) < 4.78 is 0. The van der Waals surface area contributed by atoms with Gasteiger partial charge in [-0.25, -0.2) is 4.98 Å². The lowest BCUT2D eigenvalue weighted by Crippen LogP contribution is -2.42. The second-order valence-electron chi connectivity index (χ2n) is 4.90. The highest BCUT2D eigenvalue weighted by atomic mass is 35.5. The molecule has 21 heavy (non-hydrogen) atoms. The van der Waals surface area contributed by atoms with Crippen LogP contribution in [-0.4, -0.2) is 28.5 Å². The maximum Gasteiger partial charge on any atom is 0.271 e. The van der Waals surface area contributed by atoms with Gasteiger partial charge in [0, 0.05) is 12.6 Å². The molecule has 0 spiro atoms. The van der Waals surface area contributed by atoms with Gasteiger partial charge in [0.15, 0.2) is 0 Å². The average Bonchev–Trinajstić information content (AvgIpc) is 3.28. The third-order valence-electron chi connectivity index (χ3n) is 3.44. The molecular weight excluding hydrogens is 311 g/mol. The molecule has 0 radical (unpaired) electrons. The summed E-state index contributed by atoms with van der Waals surface area (Å²) in [6, 6.07) is 7.55. The summed E-state index contributed by atoms with van der Waals surface area (Å²) in [5.41, 5.74) is 7.54. The molecule has 3 N–H and O–H groups in total. The largest absolute Gasteiger partial charge is 0.346 e. The van der Waals surface area contributed by atoms with Crippen molar-refractivity contribution in [1.29, 1.82) is 0 Å². The molecule has 0 bridgehead atoms. The Bertz CT molecular complexity index is 619. The molecule has 114 valence electrons. The molecule has 5 nitrogen and oxygen atoms in total. The highest BCUT2D eigenvalue weighted by Crippen LogP contribution is 2.32. The molecular formula is C14H18Cl2N4O. The number of amides is 1. The maximum absolute atomic E-state index is 12.1. The highest BCUT2D eigenvalue weighted by Gasteiger charge is 2.31. The molecule has 0 aliphatic heterocycles. The standard InChI is InChI=1S/C14H16N4O.2ClH/c15-7-12(9-5-6-9)18-14(19)13-8-16-10-3-1-2-4-11(10)17-13;;/h1-4,8-9,12H,5-7,15H2,(H,18,19);2*1H. The summed E-state index contributed by atoms with van der Waals surface area (Å²) in [6.07, 6.45) is 3.80. The van der Waals surface area contributed by atoms with Gasteiger partial charge in [-0.2, -0.15) is 0 Å². The van der Waals surface area contributed by atoms with Crippen molar-refractivity contribution < 1.29 is 4.79 Å². The van der Waals surface area contributed by atoms with E-state index >= 15 is 0 Å². The second-order valence-corrected chi connectivity index (χ2v) is 4.90. The molecule has 0 saturated heterocycles. The van der Waals surface area contributed by atoms with Crippen molar-refractivity contribution in [3.05, 3.63) is 36.2 Å². The molecule has 7 heteroatoms. The predicted octanol–water partition coefficient (Wildman–Crippen LogP) is 1.94. The van der Waals surface area contributed by atoms with Crippen LogP contribution in [0.15, 0.2) is 30.5 Å². The lowest BCUT2D eigenvalue weighted by molar-refractivity contribution is 0.0928. The van der Waals surface area contributed by atoms with E-state index in [-0.39, 0.29) is 36.8 Å². The highest BCUT2D eigenvalue weighted by molar-refractivity contribution is 5.94. The first-order valence-corrected chi connectivity index (χ1v) is 6.50. The number of aromatic nitrogens is 2. The molecule has 1 aliphatic rings. The van der Waals surface area contributed by atoms with Gasteiger partial charge in [0.2, 0.25) is 0 Å². The third kappa shape index (κ3) is 4.03. The fraction of sp³-hybridized carbons (Fsp3) is 0.357. The Morgan fingerprint density at radius 3 is 2.57 bits per heavy atom. The number of benzene rings is 1. The summed E-state index contributed by atoms with van der Waals surface area (Å²) in [4.78, 5) is 20.7. The first kappa shape index (κ1) is 17.6. The Morgan fingerprint density at radius 1 is 1.29 bits per heavy atom. The number of carbonyl (C=O) groups excluding carboxylic acids is 1. The molecule has 1 saturated carbocycles. The quantitative estimate of drug-likeness (QED) is 0.898. The van der Waals surface area contributed by atoms with Gasteiger partial charge in [-0.1, -0.05) is 12.1 Å². The van der Waals surface area contributed by atoms with E-state index in [0.29, 0.717) is 18.2 Å². The van der Waals surface area contributed by atoms with Crippen LogP contribution in [0.1, 0.15) is 23.3 Å². The summed E-state index contributed by atoms with van der Waals surface area (Å²) in [5, 5.41) is 2.94. The molecule has 1 amide bonds.